The third-order valence-corrected chi connectivity index (χ3v) is 5.39. The fourth-order valence-corrected chi connectivity index (χ4v) is 3.89. The molecule has 0 N–H and O–H groups in total. The number of ketones is 2. The minimum absolute atomic E-state index is 0.195. The van der Waals surface area contributed by atoms with E-state index in [1.54, 1.807) is 60.1 Å². The molecule has 6 heteroatoms. The van der Waals surface area contributed by atoms with Gasteiger partial charge in [-0.15, -0.1) is 0 Å². The van der Waals surface area contributed by atoms with E-state index >= 15 is 0 Å². The van der Waals surface area contributed by atoms with Crippen LogP contribution < -0.4 is 4.80 Å². The Kier molecular flexibility index (Phi) is 6.30. The number of hydrogen-bond donors (Lipinski definition) is 0. The summed E-state index contributed by atoms with van der Waals surface area (Å²) in [5.74, 6) is -0.406. The van der Waals surface area contributed by atoms with Crippen LogP contribution in [0.1, 0.15) is 44.1 Å². The summed E-state index contributed by atoms with van der Waals surface area (Å²) in [6, 6.07) is 19.9. The third-order valence-electron chi connectivity index (χ3n) is 4.22. The van der Waals surface area contributed by atoms with Gasteiger partial charge in [0.15, 0.2) is 4.80 Å². The van der Waals surface area contributed by atoms with Crippen LogP contribution in [0, 0.1) is 11.3 Å². The number of unbranched alkanes of at least 4 members (excludes halogenated alkanes) is 1. The molecule has 3 aromatic rings. The highest BCUT2D eigenvalue weighted by atomic mass is 32.1. The summed E-state index contributed by atoms with van der Waals surface area (Å²) in [6.45, 7) is 0.472. The van der Waals surface area contributed by atoms with E-state index in [0.717, 1.165) is 0 Å². The van der Waals surface area contributed by atoms with Gasteiger partial charge in [0.2, 0.25) is 11.6 Å². The monoisotopic (exact) mass is 389 g/mol. The van der Waals surface area contributed by atoms with E-state index in [9.17, 15) is 9.59 Å². The summed E-state index contributed by atoms with van der Waals surface area (Å²) in [5.41, 5.74) is 1.39. The molecule has 0 bridgehead atoms. The van der Waals surface area contributed by atoms with Crippen LogP contribution in [0.2, 0.25) is 0 Å². The van der Waals surface area contributed by atoms with Crippen LogP contribution in [0.15, 0.2) is 65.7 Å². The molecule has 0 unspecified atom stereocenters. The molecule has 5 nitrogen and oxygen atoms in total. The largest absolute Gasteiger partial charge is 0.316 e. The van der Waals surface area contributed by atoms with Crippen molar-refractivity contribution < 1.29 is 9.59 Å². The molecule has 2 aromatic carbocycles. The molecule has 0 amide bonds. The zero-order valence-electron chi connectivity index (χ0n) is 15.5. The maximum atomic E-state index is 13.2. The maximum absolute atomic E-state index is 13.2. The summed E-state index contributed by atoms with van der Waals surface area (Å²) >= 11 is 1.21. The Labute approximate surface area is 167 Å². The van der Waals surface area contributed by atoms with Crippen LogP contribution in [0.3, 0.4) is 0 Å². The maximum Gasteiger partial charge on any atom is 0.211 e. The summed E-state index contributed by atoms with van der Waals surface area (Å²) in [7, 11) is 1.75. The van der Waals surface area contributed by atoms with E-state index in [0.29, 0.717) is 45.9 Å². The first kappa shape index (κ1) is 19.5. The number of thiazole rings is 1. The number of hydrogen-bond acceptors (Lipinski definition) is 5. The van der Waals surface area contributed by atoms with Gasteiger partial charge < -0.3 is 4.57 Å². The quantitative estimate of drug-likeness (QED) is 0.456. The molecule has 0 aliphatic carbocycles. The van der Waals surface area contributed by atoms with Crippen LogP contribution in [0.25, 0.3) is 0 Å². The van der Waals surface area contributed by atoms with Gasteiger partial charge in [0.25, 0.3) is 0 Å². The lowest BCUT2D eigenvalue weighted by Crippen LogP contribution is -2.19. The Morgan fingerprint density at radius 1 is 1.00 bits per heavy atom. The SMILES string of the molecule is Cn1c(C(=O)c2ccccc2)c(C(=O)c2ccccc2)sc1=NCCCC#N. The van der Waals surface area contributed by atoms with Crippen molar-refractivity contribution in [2.24, 2.45) is 12.0 Å². The minimum atomic E-state index is -0.211. The van der Waals surface area contributed by atoms with E-state index in [1.165, 1.54) is 11.3 Å². The molecule has 0 saturated carbocycles. The normalized spacial score (nSPS) is 11.2. The molecule has 0 fully saturated rings. The topological polar surface area (TPSA) is 75.2 Å². The summed E-state index contributed by atoms with van der Waals surface area (Å²) < 4.78 is 1.68. The molecule has 0 aliphatic heterocycles. The van der Waals surface area contributed by atoms with Crippen LogP contribution in [-0.2, 0) is 7.05 Å². The van der Waals surface area contributed by atoms with Crippen molar-refractivity contribution in [3.63, 3.8) is 0 Å². The van der Waals surface area contributed by atoms with Gasteiger partial charge >= 0.3 is 0 Å². The van der Waals surface area contributed by atoms with Gasteiger partial charge in [0.1, 0.15) is 10.6 Å². The van der Waals surface area contributed by atoms with Gasteiger partial charge in [0.05, 0.1) is 6.07 Å². The fourth-order valence-electron chi connectivity index (χ4n) is 2.78. The van der Waals surface area contributed by atoms with Gasteiger partial charge in [0, 0.05) is 31.1 Å². The molecular formula is C22H19N3O2S. The summed E-state index contributed by atoms with van der Waals surface area (Å²) in [5, 5.41) is 8.68. The number of benzene rings is 2. The Bertz CT molecular complexity index is 1090. The molecule has 0 atom stereocenters. The minimum Gasteiger partial charge on any atom is -0.316 e. The number of carbonyl (C=O) groups is 2. The number of carbonyl (C=O) groups excluding carboxylic acids is 2. The first-order valence-corrected chi connectivity index (χ1v) is 9.72. The number of nitriles is 1. The van der Waals surface area contributed by atoms with Gasteiger partial charge in [-0.05, 0) is 6.42 Å². The first-order valence-electron chi connectivity index (χ1n) is 8.90. The van der Waals surface area contributed by atoms with Crippen molar-refractivity contribution in [2.75, 3.05) is 6.54 Å². The number of aromatic nitrogens is 1. The Hall–Kier alpha value is -3.30. The summed E-state index contributed by atoms with van der Waals surface area (Å²) in [6.07, 6.45) is 1.06. The molecule has 0 saturated heterocycles. The van der Waals surface area contributed by atoms with Crippen LogP contribution in [0.4, 0.5) is 0 Å². The van der Waals surface area contributed by atoms with Crippen LogP contribution in [0.5, 0.6) is 0 Å². The van der Waals surface area contributed by atoms with Crippen LogP contribution in [-0.4, -0.2) is 22.7 Å². The molecule has 0 aliphatic rings. The van der Waals surface area contributed by atoms with Crippen LogP contribution >= 0.6 is 11.3 Å². The molecule has 0 spiro atoms. The average Bonchev–Trinajstić information content (AvgIpc) is 3.07. The zero-order valence-corrected chi connectivity index (χ0v) is 16.3. The highest BCUT2D eigenvalue weighted by Crippen LogP contribution is 2.21. The highest BCUT2D eigenvalue weighted by Gasteiger charge is 2.25. The lowest BCUT2D eigenvalue weighted by molar-refractivity contribution is 0.1000. The molecule has 140 valence electrons. The Balaban J connectivity index is 2.10. The second-order valence-corrected chi connectivity index (χ2v) is 7.13. The smallest absolute Gasteiger partial charge is 0.211 e. The Morgan fingerprint density at radius 3 is 2.14 bits per heavy atom. The molecule has 0 radical (unpaired) electrons. The number of rotatable bonds is 7. The van der Waals surface area contributed by atoms with Crippen molar-refractivity contribution in [2.45, 2.75) is 12.8 Å². The van der Waals surface area contributed by atoms with E-state index in [-0.39, 0.29) is 11.6 Å². The van der Waals surface area contributed by atoms with Crippen molar-refractivity contribution in [3.8, 4) is 6.07 Å². The predicted molar refractivity (Wildman–Crippen MR) is 108 cm³/mol. The van der Waals surface area contributed by atoms with Crippen molar-refractivity contribution >= 4 is 22.9 Å². The second kappa shape index (κ2) is 9.07. The highest BCUT2D eigenvalue weighted by molar-refractivity contribution is 7.12. The molecular weight excluding hydrogens is 370 g/mol. The van der Waals surface area contributed by atoms with Gasteiger partial charge in [-0.1, -0.05) is 72.0 Å². The van der Waals surface area contributed by atoms with Gasteiger partial charge in [-0.3, -0.25) is 14.6 Å². The Morgan fingerprint density at radius 2 is 1.57 bits per heavy atom. The lowest BCUT2D eigenvalue weighted by atomic mass is 10.0. The first-order chi connectivity index (χ1) is 13.6. The molecule has 1 heterocycles. The second-order valence-electron chi connectivity index (χ2n) is 6.16. The van der Waals surface area contributed by atoms with E-state index < -0.39 is 0 Å². The van der Waals surface area contributed by atoms with E-state index in [2.05, 4.69) is 11.1 Å². The standard InChI is InChI=1S/C22H19N3O2S/c1-25-18(19(26)16-10-4-2-5-11-16)21(20(27)17-12-6-3-7-13-17)28-22(25)24-15-9-8-14-23/h2-7,10-13H,8-9,15H2,1H3. The zero-order chi connectivity index (χ0) is 19.9. The number of nitrogens with zero attached hydrogens (tertiary/aromatic N) is 3. The molecule has 3 rings (SSSR count). The van der Waals surface area contributed by atoms with Crippen molar-refractivity contribution in [3.05, 3.63) is 87.2 Å². The van der Waals surface area contributed by atoms with Crippen molar-refractivity contribution in [1.82, 2.24) is 4.57 Å². The van der Waals surface area contributed by atoms with Gasteiger partial charge in [-0.2, -0.15) is 5.26 Å². The van der Waals surface area contributed by atoms with Gasteiger partial charge in [-0.25, -0.2) is 0 Å². The summed E-state index contributed by atoms with van der Waals surface area (Å²) in [4.78, 5) is 31.7. The molecule has 1 aromatic heterocycles. The third kappa shape index (κ3) is 4.16. The van der Waals surface area contributed by atoms with E-state index in [1.807, 2.05) is 12.1 Å². The fraction of sp³-hybridized carbons (Fsp3) is 0.182. The lowest BCUT2D eigenvalue weighted by Gasteiger charge is -2.06. The van der Waals surface area contributed by atoms with Crippen molar-refractivity contribution in [1.29, 1.82) is 5.26 Å². The molecule has 28 heavy (non-hydrogen) atoms. The van der Waals surface area contributed by atoms with E-state index in [4.69, 9.17) is 5.26 Å². The predicted octanol–water partition coefficient (Wildman–Crippen LogP) is 3.75. The average molecular weight is 389 g/mol.